The van der Waals surface area contributed by atoms with Crippen LogP contribution in [-0.4, -0.2) is 48.4 Å². The molecule has 0 N–H and O–H groups in total. The molecule has 3 aliphatic heterocycles. The molecule has 0 aromatic heterocycles. The van der Waals surface area contributed by atoms with Crippen LogP contribution in [0.1, 0.15) is 27.7 Å². The largest absolute Gasteiger partial charge is 0.343 e. The summed E-state index contributed by atoms with van der Waals surface area (Å²) < 4.78 is 31.3. The number of hydrogen-bond acceptors (Lipinski definition) is 5. The molecule has 0 amide bonds. The standard InChI is InChI=1S/C24H29O5P/c1-23(2)26-19-18(25-22-21(20(19)27-23)28-24(3,4)29-22)15-30(16-11-7-5-8-12-16)17-13-9-6-10-14-17/h5-14,18-22H,15H2,1-4H3/t18-,19+,20+,21-,22-/m1/s1. The molecule has 2 aromatic carbocycles. The van der Waals surface area contributed by atoms with Gasteiger partial charge in [0, 0.05) is 6.16 Å². The third-order valence-corrected chi connectivity index (χ3v) is 8.32. The molecule has 3 saturated heterocycles. The van der Waals surface area contributed by atoms with Gasteiger partial charge in [-0.1, -0.05) is 60.7 Å². The molecule has 5 nitrogen and oxygen atoms in total. The zero-order chi connectivity index (χ0) is 20.9. The highest BCUT2D eigenvalue weighted by molar-refractivity contribution is 7.73. The minimum Gasteiger partial charge on any atom is -0.343 e. The molecule has 0 saturated carbocycles. The predicted octanol–water partition coefficient (Wildman–Crippen LogP) is 3.52. The highest BCUT2D eigenvalue weighted by Crippen LogP contribution is 2.47. The highest BCUT2D eigenvalue weighted by atomic mass is 31.1. The first-order chi connectivity index (χ1) is 14.3. The zero-order valence-electron chi connectivity index (χ0n) is 17.9. The first kappa shape index (κ1) is 20.6. The van der Waals surface area contributed by atoms with Gasteiger partial charge in [0.2, 0.25) is 0 Å². The topological polar surface area (TPSA) is 46.2 Å². The molecule has 0 spiro atoms. The van der Waals surface area contributed by atoms with E-state index in [1.165, 1.54) is 10.6 Å². The average molecular weight is 428 g/mol. The molecule has 3 aliphatic rings. The summed E-state index contributed by atoms with van der Waals surface area (Å²) in [4.78, 5) is 0. The molecule has 3 heterocycles. The molecule has 0 radical (unpaired) electrons. The smallest absolute Gasteiger partial charge is 0.190 e. The van der Waals surface area contributed by atoms with Crippen molar-refractivity contribution >= 4 is 18.5 Å². The Labute approximate surface area is 179 Å². The van der Waals surface area contributed by atoms with Crippen molar-refractivity contribution in [3.05, 3.63) is 60.7 Å². The molecule has 3 fully saturated rings. The summed E-state index contributed by atoms with van der Waals surface area (Å²) in [6, 6.07) is 21.3. The lowest BCUT2D eigenvalue weighted by molar-refractivity contribution is -0.228. The Morgan fingerprint density at radius 1 is 0.667 bits per heavy atom. The van der Waals surface area contributed by atoms with Gasteiger partial charge < -0.3 is 23.7 Å². The van der Waals surface area contributed by atoms with Crippen molar-refractivity contribution in [2.24, 2.45) is 0 Å². The van der Waals surface area contributed by atoms with E-state index in [2.05, 4.69) is 60.7 Å². The van der Waals surface area contributed by atoms with Crippen LogP contribution >= 0.6 is 7.92 Å². The Bertz CT molecular complexity index is 832. The summed E-state index contributed by atoms with van der Waals surface area (Å²) in [5.41, 5.74) is 0. The third kappa shape index (κ3) is 3.95. The minimum absolute atomic E-state index is 0.151. The van der Waals surface area contributed by atoms with E-state index in [0.717, 1.165) is 6.16 Å². The van der Waals surface area contributed by atoms with Crippen molar-refractivity contribution in [2.45, 2.75) is 70.0 Å². The van der Waals surface area contributed by atoms with E-state index in [1.807, 2.05) is 27.7 Å². The van der Waals surface area contributed by atoms with Crippen molar-refractivity contribution < 1.29 is 23.7 Å². The Hall–Kier alpha value is -1.33. The lowest BCUT2D eigenvalue weighted by Crippen LogP contribution is -2.56. The summed E-state index contributed by atoms with van der Waals surface area (Å²) in [7, 11) is -0.627. The van der Waals surface area contributed by atoms with E-state index in [0.29, 0.717) is 0 Å². The van der Waals surface area contributed by atoms with E-state index in [1.54, 1.807) is 0 Å². The highest BCUT2D eigenvalue weighted by Gasteiger charge is 2.60. The zero-order valence-corrected chi connectivity index (χ0v) is 18.8. The fourth-order valence-electron chi connectivity index (χ4n) is 4.60. The first-order valence-corrected chi connectivity index (χ1v) is 12.1. The van der Waals surface area contributed by atoms with Gasteiger partial charge in [-0.15, -0.1) is 0 Å². The van der Waals surface area contributed by atoms with Crippen molar-refractivity contribution in [3.8, 4) is 0 Å². The number of fused-ring (bicyclic) bond motifs is 3. The van der Waals surface area contributed by atoms with Crippen LogP contribution in [0.25, 0.3) is 0 Å². The summed E-state index contributed by atoms with van der Waals surface area (Å²) in [5.74, 6) is -1.38. The van der Waals surface area contributed by atoms with Gasteiger partial charge in [0.1, 0.15) is 18.3 Å². The summed E-state index contributed by atoms with van der Waals surface area (Å²) in [6.45, 7) is 7.74. The van der Waals surface area contributed by atoms with Gasteiger partial charge in [0.05, 0.1) is 6.10 Å². The number of rotatable bonds is 4. The second-order valence-corrected chi connectivity index (χ2v) is 11.2. The fraction of sp³-hybridized carbons (Fsp3) is 0.500. The van der Waals surface area contributed by atoms with Crippen LogP contribution < -0.4 is 10.6 Å². The maximum atomic E-state index is 6.49. The lowest BCUT2D eigenvalue weighted by Gasteiger charge is -2.38. The van der Waals surface area contributed by atoms with Crippen LogP contribution in [0.2, 0.25) is 0 Å². The molecule has 6 heteroatoms. The van der Waals surface area contributed by atoms with Gasteiger partial charge in [-0.3, -0.25) is 0 Å². The molecule has 5 rings (SSSR count). The Kier molecular flexibility index (Phi) is 5.26. The molecule has 160 valence electrons. The van der Waals surface area contributed by atoms with Gasteiger partial charge in [0.15, 0.2) is 17.9 Å². The van der Waals surface area contributed by atoms with E-state index >= 15 is 0 Å². The average Bonchev–Trinajstić information content (AvgIpc) is 3.21. The maximum absolute atomic E-state index is 6.49. The Morgan fingerprint density at radius 2 is 1.17 bits per heavy atom. The van der Waals surface area contributed by atoms with Crippen molar-refractivity contribution in [2.75, 3.05) is 6.16 Å². The number of benzene rings is 2. The maximum Gasteiger partial charge on any atom is 0.190 e. The van der Waals surface area contributed by atoms with Gasteiger partial charge in [-0.25, -0.2) is 0 Å². The second-order valence-electron chi connectivity index (χ2n) is 8.99. The van der Waals surface area contributed by atoms with Gasteiger partial charge in [0.25, 0.3) is 0 Å². The van der Waals surface area contributed by atoms with E-state index in [4.69, 9.17) is 23.7 Å². The molecule has 0 unspecified atom stereocenters. The summed E-state index contributed by atoms with van der Waals surface area (Å²) >= 11 is 0. The lowest BCUT2D eigenvalue weighted by atomic mass is 10.00. The Balaban J connectivity index is 1.47. The monoisotopic (exact) mass is 428 g/mol. The second kappa shape index (κ2) is 7.67. The van der Waals surface area contributed by atoms with E-state index in [9.17, 15) is 0 Å². The number of hydrogen-bond donors (Lipinski definition) is 0. The normalized spacial score (nSPS) is 34.0. The molecule has 30 heavy (non-hydrogen) atoms. The molecule has 0 bridgehead atoms. The van der Waals surface area contributed by atoms with Crippen molar-refractivity contribution in [1.29, 1.82) is 0 Å². The van der Waals surface area contributed by atoms with Crippen LogP contribution in [0.4, 0.5) is 0 Å². The molecule has 5 atom stereocenters. The van der Waals surface area contributed by atoms with Gasteiger partial charge in [-0.05, 0) is 46.2 Å². The van der Waals surface area contributed by atoms with E-state index < -0.39 is 25.8 Å². The van der Waals surface area contributed by atoms with Crippen LogP contribution in [-0.2, 0) is 23.7 Å². The van der Waals surface area contributed by atoms with Gasteiger partial charge >= 0.3 is 0 Å². The van der Waals surface area contributed by atoms with Crippen molar-refractivity contribution in [1.82, 2.24) is 0 Å². The predicted molar refractivity (Wildman–Crippen MR) is 116 cm³/mol. The minimum atomic E-state index is -0.700. The Morgan fingerprint density at radius 3 is 1.77 bits per heavy atom. The fourth-order valence-corrected chi connectivity index (χ4v) is 7.03. The third-order valence-electron chi connectivity index (χ3n) is 5.75. The molecule has 2 aromatic rings. The molecular weight excluding hydrogens is 399 g/mol. The molecule has 0 aliphatic carbocycles. The number of ether oxygens (including phenoxy) is 5. The van der Waals surface area contributed by atoms with Crippen LogP contribution in [0, 0.1) is 0 Å². The summed E-state index contributed by atoms with van der Waals surface area (Å²) in [5, 5.41) is 2.64. The van der Waals surface area contributed by atoms with Crippen LogP contribution in [0.5, 0.6) is 0 Å². The van der Waals surface area contributed by atoms with Crippen molar-refractivity contribution in [3.63, 3.8) is 0 Å². The van der Waals surface area contributed by atoms with Gasteiger partial charge in [-0.2, -0.15) is 0 Å². The summed E-state index contributed by atoms with van der Waals surface area (Å²) in [6.07, 6.45) is -0.473. The quantitative estimate of drug-likeness (QED) is 0.698. The van der Waals surface area contributed by atoms with Crippen LogP contribution in [0.3, 0.4) is 0 Å². The van der Waals surface area contributed by atoms with E-state index in [-0.39, 0.29) is 24.4 Å². The SMILES string of the molecule is CC1(C)O[C@H]2[C@@H](O1)[C@@H](CP(c1ccccc1)c1ccccc1)O[C@@H]1OC(C)(C)O[C@@H]12. The molecular formula is C24H29O5P. The first-order valence-electron chi connectivity index (χ1n) is 10.6. The van der Waals surface area contributed by atoms with Crippen LogP contribution in [0.15, 0.2) is 60.7 Å².